The first-order chi connectivity index (χ1) is 7.43. The zero-order valence-electron chi connectivity index (χ0n) is 11.6. The summed E-state index contributed by atoms with van der Waals surface area (Å²) in [6, 6.07) is 0. The first-order valence-electron chi connectivity index (χ1n) is 5.98. The molecule has 0 saturated carbocycles. The lowest BCUT2D eigenvalue weighted by Gasteiger charge is -2.12. The molecule has 0 aliphatic carbocycles. The normalized spacial score (nSPS) is 14.0. The van der Waals surface area contributed by atoms with Gasteiger partial charge in [-0.15, -0.1) is 0 Å². The Balaban J connectivity index is 5.43. The van der Waals surface area contributed by atoms with E-state index in [2.05, 4.69) is 45.3 Å². The minimum absolute atomic E-state index is 0.549. The van der Waals surface area contributed by atoms with Crippen molar-refractivity contribution in [3.63, 3.8) is 0 Å². The average molecular weight is 219 g/mol. The summed E-state index contributed by atoms with van der Waals surface area (Å²) in [5.74, 6) is 0.549. The van der Waals surface area contributed by atoms with Crippen LogP contribution in [-0.2, 0) is 0 Å². The molecule has 90 valence electrons. The van der Waals surface area contributed by atoms with E-state index in [1.54, 1.807) is 0 Å². The quantitative estimate of drug-likeness (QED) is 0.460. The van der Waals surface area contributed by atoms with Gasteiger partial charge in [0, 0.05) is 11.8 Å². The van der Waals surface area contributed by atoms with E-state index < -0.39 is 0 Å². The summed E-state index contributed by atoms with van der Waals surface area (Å²) in [6.45, 7) is 16.7. The molecule has 0 aliphatic heterocycles. The Morgan fingerprint density at radius 2 is 1.88 bits per heavy atom. The molecule has 16 heavy (non-hydrogen) atoms. The highest BCUT2D eigenvalue weighted by atomic mass is 14.7. The van der Waals surface area contributed by atoms with Gasteiger partial charge in [0.1, 0.15) is 0 Å². The molecule has 1 unspecified atom stereocenters. The topological polar surface area (TPSA) is 12.4 Å². The second kappa shape index (κ2) is 7.21. The van der Waals surface area contributed by atoms with Crippen LogP contribution in [0.4, 0.5) is 0 Å². The molecule has 0 aromatic heterocycles. The molecule has 0 aliphatic rings. The largest absolute Gasteiger partial charge is 0.261 e. The first-order valence-corrected chi connectivity index (χ1v) is 5.98. The summed E-state index contributed by atoms with van der Waals surface area (Å²) in [4.78, 5) is 4.47. The van der Waals surface area contributed by atoms with Gasteiger partial charge in [-0.3, -0.25) is 4.99 Å². The molecule has 0 rings (SSSR count). The molecule has 0 aromatic carbocycles. The van der Waals surface area contributed by atoms with Crippen LogP contribution < -0.4 is 0 Å². The number of hydrogen-bond acceptors (Lipinski definition) is 1. The Morgan fingerprint density at radius 3 is 2.19 bits per heavy atom. The Kier molecular flexibility index (Phi) is 6.71. The highest BCUT2D eigenvalue weighted by Gasteiger charge is 2.08. The minimum Gasteiger partial charge on any atom is -0.261 e. The van der Waals surface area contributed by atoms with Gasteiger partial charge in [0.15, 0.2) is 0 Å². The van der Waals surface area contributed by atoms with Crippen LogP contribution in [0.15, 0.2) is 40.1 Å². The van der Waals surface area contributed by atoms with Gasteiger partial charge in [-0.2, -0.15) is 0 Å². The second-order valence-corrected chi connectivity index (χ2v) is 4.48. The van der Waals surface area contributed by atoms with Crippen molar-refractivity contribution < 1.29 is 0 Å². The standard InChI is InChI=1S/C15H25N/c1-8-13(7)10-14(16-9-2)15(11(3)4)12(5)6/h9-10,13H,3,8H2,1-2,4-7H3/b14-10+,16-9-. The third-order valence-electron chi connectivity index (χ3n) is 2.54. The van der Waals surface area contributed by atoms with Gasteiger partial charge >= 0.3 is 0 Å². The highest BCUT2D eigenvalue weighted by molar-refractivity contribution is 5.59. The lowest BCUT2D eigenvalue weighted by Crippen LogP contribution is -1.96. The van der Waals surface area contributed by atoms with Gasteiger partial charge in [0.2, 0.25) is 0 Å². The number of aliphatic imine (C=N–C) groups is 1. The van der Waals surface area contributed by atoms with E-state index in [4.69, 9.17) is 0 Å². The van der Waals surface area contributed by atoms with Gasteiger partial charge in [0.05, 0.1) is 5.70 Å². The molecule has 0 saturated heterocycles. The van der Waals surface area contributed by atoms with Crippen LogP contribution in [0, 0.1) is 5.92 Å². The van der Waals surface area contributed by atoms with E-state index in [0.29, 0.717) is 5.92 Å². The fourth-order valence-electron chi connectivity index (χ4n) is 1.62. The molecule has 0 heterocycles. The predicted molar refractivity (Wildman–Crippen MR) is 74.9 cm³/mol. The molecule has 0 radical (unpaired) electrons. The van der Waals surface area contributed by atoms with Crippen molar-refractivity contribution in [2.24, 2.45) is 10.9 Å². The fraction of sp³-hybridized carbons (Fsp3) is 0.533. The van der Waals surface area contributed by atoms with Crippen molar-refractivity contribution >= 4 is 6.21 Å². The van der Waals surface area contributed by atoms with Gasteiger partial charge in [-0.25, -0.2) is 0 Å². The monoisotopic (exact) mass is 219 g/mol. The van der Waals surface area contributed by atoms with Gasteiger partial charge in [0.25, 0.3) is 0 Å². The summed E-state index contributed by atoms with van der Waals surface area (Å²) in [5.41, 5.74) is 4.61. The number of rotatable bonds is 5. The second-order valence-electron chi connectivity index (χ2n) is 4.48. The lowest BCUT2D eigenvalue weighted by molar-refractivity contribution is 0.692. The summed E-state index contributed by atoms with van der Waals surface area (Å²) >= 11 is 0. The van der Waals surface area contributed by atoms with Crippen molar-refractivity contribution in [2.45, 2.75) is 48.0 Å². The molecule has 0 aromatic rings. The molecule has 0 bridgehead atoms. The third kappa shape index (κ3) is 4.61. The maximum atomic E-state index is 4.47. The van der Waals surface area contributed by atoms with E-state index >= 15 is 0 Å². The summed E-state index contributed by atoms with van der Waals surface area (Å²) in [7, 11) is 0. The van der Waals surface area contributed by atoms with Crippen LogP contribution in [-0.4, -0.2) is 6.21 Å². The summed E-state index contributed by atoms with van der Waals surface area (Å²) < 4.78 is 0. The Morgan fingerprint density at radius 1 is 1.31 bits per heavy atom. The summed E-state index contributed by atoms with van der Waals surface area (Å²) in [5, 5.41) is 0. The Labute approximate surface area is 101 Å². The SMILES string of the molecule is C=C(C)C(=C(C)C)C(=C\C(C)CC)/N=C\C. The smallest absolute Gasteiger partial charge is 0.0662 e. The van der Waals surface area contributed by atoms with Crippen molar-refractivity contribution in [3.05, 3.63) is 35.1 Å². The van der Waals surface area contributed by atoms with Gasteiger partial charge in [-0.05, 0) is 39.2 Å². The van der Waals surface area contributed by atoms with Gasteiger partial charge in [-0.1, -0.05) is 38.5 Å². The summed E-state index contributed by atoms with van der Waals surface area (Å²) in [6.07, 6.45) is 5.21. The molecule has 0 spiro atoms. The molecular weight excluding hydrogens is 194 g/mol. The molecule has 0 N–H and O–H groups in total. The van der Waals surface area contributed by atoms with Crippen molar-refractivity contribution in [3.8, 4) is 0 Å². The highest BCUT2D eigenvalue weighted by Crippen LogP contribution is 2.24. The number of nitrogens with zero attached hydrogens (tertiary/aromatic N) is 1. The zero-order valence-corrected chi connectivity index (χ0v) is 11.6. The van der Waals surface area contributed by atoms with Crippen LogP contribution in [0.3, 0.4) is 0 Å². The van der Waals surface area contributed by atoms with E-state index in [0.717, 1.165) is 17.7 Å². The van der Waals surface area contributed by atoms with Crippen molar-refractivity contribution in [1.29, 1.82) is 0 Å². The molecular formula is C15H25N. The van der Waals surface area contributed by atoms with E-state index in [1.165, 1.54) is 11.1 Å². The van der Waals surface area contributed by atoms with Crippen LogP contribution in [0.5, 0.6) is 0 Å². The molecule has 1 heteroatoms. The van der Waals surface area contributed by atoms with E-state index in [-0.39, 0.29) is 0 Å². The maximum absolute atomic E-state index is 4.47. The van der Waals surface area contributed by atoms with Crippen LogP contribution in [0.2, 0.25) is 0 Å². The average Bonchev–Trinajstić information content (AvgIpc) is 2.16. The van der Waals surface area contributed by atoms with Gasteiger partial charge < -0.3 is 0 Å². The van der Waals surface area contributed by atoms with Crippen molar-refractivity contribution in [1.82, 2.24) is 0 Å². The first kappa shape index (κ1) is 14.9. The van der Waals surface area contributed by atoms with E-state index in [9.17, 15) is 0 Å². The Hall–Kier alpha value is -1.11. The third-order valence-corrected chi connectivity index (χ3v) is 2.54. The van der Waals surface area contributed by atoms with Crippen LogP contribution in [0.1, 0.15) is 48.0 Å². The predicted octanol–water partition coefficient (Wildman–Crippen LogP) is 4.92. The molecule has 0 fully saturated rings. The minimum atomic E-state index is 0.549. The Bertz CT molecular complexity index is 325. The molecule has 1 atom stereocenters. The van der Waals surface area contributed by atoms with Crippen LogP contribution >= 0.6 is 0 Å². The molecule has 0 amide bonds. The number of allylic oxidation sites excluding steroid dienone is 3. The molecule has 1 nitrogen and oxygen atoms in total. The van der Waals surface area contributed by atoms with Crippen LogP contribution in [0.25, 0.3) is 0 Å². The van der Waals surface area contributed by atoms with Crippen molar-refractivity contribution in [2.75, 3.05) is 0 Å². The fourth-order valence-corrected chi connectivity index (χ4v) is 1.62. The maximum Gasteiger partial charge on any atom is 0.0662 e. The number of hydrogen-bond donors (Lipinski definition) is 0. The zero-order chi connectivity index (χ0) is 12.7. The lowest BCUT2D eigenvalue weighted by atomic mass is 9.97. The van der Waals surface area contributed by atoms with E-state index in [1.807, 2.05) is 20.1 Å².